The van der Waals surface area contributed by atoms with Gasteiger partial charge in [0.05, 0.1) is 0 Å². The number of nitrogens with zero attached hydrogens (tertiary/aromatic N) is 1. The number of rotatable bonds is 7. The summed E-state index contributed by atoms with van der Waals surface area (Å²) in [6.07, 6.45) is 5.18. The van der Waals surface area contributed by atoms with Crippen molar-refractivity contribution in [1.82, 2.24) is 10.2 Å². The Morgan fingerprint density at radius 2 is 2.00 bits per heavy atom. The molecule has 0 spiro atoms. The van der Waals surface area contributed by atoms with Crippen LogP contribution in [0.15, 0.2) is 30.3 Å². The molecule has 1 heterocycles. The maximum Gasteiger partial charge on any atom is 0.0322 e. The number of hydrogen-bond donors (Lipinski definition) is 1. The molecule has 0 saturated carbocycles. The van der Waals surface area contributed by atoms with E-state index < -0.39 is 0 Å². The van der Waals surface area contributed by atoms with Crippen LogP contribution in [0.3, 0.4) is 0 Å². The van der Waals surface area contributed by atoms with Crippen LogP contribution < -0.4 is 5.32 Å². The summed E-state index contributed by atoms with van der Waals surface area (Å²) in [7, 11) is 0. The molecule has 0 bridgehead atoms. The van der Waals surface area contributed by atoms with Crippen molar-refractivity contribution in [1.29, 1.82) is 0 Å². The van der Waals surface area contributed by atoms with Gasteiger partial charge in [-0.2, -0.15) is 0 Å². The lowest BCUT2D eigenvalue weighted by Gasteiger charge is -2.37. The zero-order valence-electron chi connectivity index (χ0n) is 14.0. The Hall–Kier alpha value is -0.860. The van der Waals surface area contributed by atoms with Crippen LogP contribution in [0.1, 0.15) is 58.1 Å². The third-order valence-electron chi connectivity index (χ3n) is 4.94. The summed E-state index contributed by atoms with van der Waals surface area (Å²) in [6.45, 7) is 10.7. The molecular weight excluding hydrogens is 256 g/mol. The Morgan fingerprint density at radius 1 is 1.24 bits per heavy atom. The maximum atomic E-state index is 3.92. The van der Waals surface area contributed by atoms with Gasteiger partial charge >= 0.3 is 0 Å². The highest BCUT2D eigenvalue weighted by atomic mass is 15.1. The number of nitrogens with one attached hydrogen (secondary N) is 1. The second-order valence-electron chi connectivity index (χ2n) is 6.50. The molecular formula is C19H32N2. The van der Waals surface area contributed by atoms with Crippen molar-refractivity contribution in [3.8, 4) is 0 Å². The van der Waals surface area contributed by atoms with Crippen LogP contribution in [-0.2, 0) is 0 Å². The summed E-state index contributed by atoms with van der Waals surface area (Å²) in [4.78, 5) is 2.60. The van der Waals surface area contributed by atoms with Gasteiger partial charge in [-0.15, -0.1) is 0 Å². The van der Waals surface area contributed by atoms with Crippen molar-refractivity contribution in [3.63, 3.8) is 0 Å². The fourth-order valence-corrected chi connectivity index (χ4v) is 3.56. The normalized spacial score (nSPS) is 22.9. The summed E-state index contributed by atoms with van der Waals surface area (Å²) in [5, 5.41) is 3.92. The zero-order valence-corrected chi connectivity index (χ0v) is 14.0. The Balaban J connectivity index is 1.96. The average molecular weight is 288 g/mol. The van der Waals surface area contributed by atoms with Crippen molar-refractivity contribution in [2.45, 2.75) is 58.5 Å². The first-order valence-corrected chi connectivity index (χ1v) is 8.78. The summed E-state index contributed by atoms with van der Waals surface area (Å²) >= 11 is 0. The first-order valence-electron chi connectivity index (χ1n) is 8.78. The minimum absolute atomic E-state index is 0.503. The van der Waals surface area contributed by atoms with Crippen molar-refractivity contribution in [2.24, 2.45) is 5.92 Å². The lowest BCUT2D eigenvalue weighted by Crippen LogP contribution is -2.45. The molecule has 3 atom stereocenters. The quantitative estimate of drug-likeness (QED) is 0.807. The van der Waals surface area contributed by atoms with E-state index in [9.17, 15) is 0 Å². The molecule has 21 heavy (non-hydrogen) atoms. The molecule has 0 radical (unpaired) electrons. The maximum absolute atomic E-state index is 3.92. The summed E-state index contributed by atoms with van der Waals surface area (Å²) in [5.41, 5.74) is 1.44. The first kappa shape index (κ1) is 16.5. The second kappa shape index (κ2) is 8.55. The predicted octanol–water partition coefficient (Wildman–Crippen LogP) is 4.24. The lowest BCUT2D eigenvalue weighted by atomic mass is 9.90. The number of likely N-dealkylation sites (tertiary alicyclic amines) is 1. The molecule has 118 valence electrons. The third kappa shape index (κ3) is 4.82. The van der Waals surface area contributed by atoms with Crippen LogP contribution in [0.25, 0.3) is 0 Å². The molecule has 1 N–H and O–H groups in total. The first-order chi connectivity index (χ1) is 10.2. The van der Waals surface area contributed by atoms with Gasteiger partial charge in [-0.05, 0) is 50.8 Å². The second-order valence-corrected chi connectivity index (χ2v) is 6.50. The lowest BCUT2D eigenvalue weighted by molar-refractivity contribution is 0.151. The Bertz CT molecular complexity index is 390. The molecule has 1 aromatic rings. The van der Waals surface area contributed by atoms with Gasteiger partial charge in [-0.25, -0.2) is 0 Å². The summed E-state index contributed by atoms with van der Waals surface area (Å²) in [6, 6.07) is 12.0. The zero-order chi connectivity index (χ0) is 15.1. The fourth-order valence-electron chi connectivity index (χ4n) is 3.56. The molecule has 2 rings (SSSR count). The highest BCUT2D eigenvalue weighted by Gasteiger charge is 2.25. The van der Waals surface area contributed by atoms with Crippen LogP contribution in [0.5, 0.6) is 0 Å². The van der Waals surface area contributed by atoms with E-state index in [0.29, 0.717) is 12.1 Å². The van der Waals surface area contributed by atoms with E-state index in [0.717, 1.165) is 5.92 Å². The summed E-state index contributed by atoms with van der Waals surface area (Å²) < 4.78 is 0. The minimum atomic E-state index is 0.503. The largest absolute Gasteiger partial charge is 0.307 e. The number of piperidine rings is 1. The Kier molecular flexibility index (Phi) is 6.72. The monoisotopic (exact) mass is 288 g/mol. The Morgan fingerprint density at radius 3 is 2.67 bits per heavy atom. The predicted molar refractivity (Wildman–Crippen MR) is 91.5 cm³/mol. The van der Waals surface area contributed by atoms with Crippen LogP contribution in [0.4, 0.5) is 0 Å². The van der Waals surface area contributed by atoms with Crippen molar-refractivity contribution >= 4 is 0 Å². The smallest absolute Gasteiger partial charge is 0.0322 e. The molecule has 1 aliphatic rings. The molecule has 2 heteroatoms. The van der Waals surface area contributed by atoms with Crippen LogP contribution >= 0.6 is 0 Å². The van der Waals surface area contributed by atoms with Gasteiger partial charge in [0.1, 0.15) is 0 Å². The van der Waals surface area contributed by atoms with Crippen LogP contribution in [0.2, 0.25) is 0 Å². The fraction of sp³-hybridized carbons (Fsp3) is 0.684. The van der Waals surface area contributed by atoms with Gasteiger partial charge in [0.2, 0.25) is 0 Å². The molecule has 0 amide bonds. The molecule has 1 fully saturated rings. The van der Waals surface area contributed by atoms with E-state index in [-0.39, 0.29) is 0 Å². The van der Waals surface area contributed by atoms with Gasteiger partial charge in [-0.1, -0.05) is 50.6 Å². The van der Waals surface area contributed by atoms with Crippen LogP contribution in [0, 0.1) is 5.92 Å². The third-order valence-corrected chi connectivity index (χ3v) is 4.94. The van der Waals surface area contributed by atoms with E-state index in [1.807, 2.05) is 0 Å². The van der Waals surface area contributed by atoms with E-state index in [1.165, 1.54) is 50.9 Å². The van der Waals surface area contributed by atoms with Gasteiger partial charge in [-0.3, -0.25) is 0 Å². The van der Waals surface area contributed by atoms with Gasteiger partial charge < -0.3 is 10.2 Å². The van der Waals surface area contributed by atoms with E-state index >= 15 is 0 Å². The molecule has 2 nitrogen and oxygen atoms in total. The minimum Gasteiger partial charge on any atom is -0.307 e. The van der Waals surface area contributed by atoms with E-state index in [4.69, 9.17) is 0 Å². The van der Waals surface area contributed by atoms with Gasteiger partial charge in [0, 0.05) is 18.6 Å². The highest BCUT2D eigenvalue weighted by molar-refractivity contribution is 5.19. The topological polar surface area (TPSA) is 15.3 Å². The summed E-state index contributed by atoms with van der Waals surface area (Å²) in [5.74, 6) is 0.793. The van der Waals surface area contributed by atoms with Crippen molar-refractivity contribution in [2.75, 3.05) is 19.6 Å². The average Bonchev–Trinajstić information content (AvgIpc) is 2.55. The standard InChI is InChI=1S/C19H32N2/c1-4-10-19(17-11-7-6-8-12-17)20-16(3)18-13-9-14-21(5-2)15-18/h6-8,11-12,16,18-20H,4-5,9-10,13-15H2,1-3H3. The SMILES string of the molecule is CCCC(NC(C)C1CCCN(CC)C1)c1ccccc1. The number of benzene rings is 1. The molecule has 0 aromatic heterocycles. The van der Waals surface area contributed by atoms with E-state index in [1.54, 1.807) is 0 Å². The molecule has 1 saturated heterocycles. The van der Waals surface area contributed by atoms with Crippen molar-refractivity contribution < 1.29 is 0 Å². The Labute approximate surface area is 130 Å². The molecule has 0 aliphatic carbocycles. The van der Waals surface area contributed by atoms with Crippen molar-refractivity contribution in [3.05, 3.63) is 35.9 Å². The van der Waals surface area contributed by atoms with Gasteiger partial charge in [0.25, 0.3) is 0 Å². The molecule has 1 aromatic carbocycles. The molecule has 3 unspecified atom stereocenters. The van der Waals surface area contributed by atoms with E-state index in [2.05, 4.69) is 61.3 Å². The molecule has 1 aliphatic heterocycles. The van der Waals surface area contributed by atoms with Gasteiger partial charge in [0.15, 0.2) is 0 Å². The van der Waals surface area contributed by atoms with Crippen LogP contribution in [-0.4, -0.2) is 30.6 Å². The highest BCUT2D eigenvalue weighted by Crippen LogP contribution is 2.24. The number of hydrogen-bond acceptors (Lipinski definition) is 2.